The van der Waals surface area contributed by atoms with Gasteiger partial charge in [-0.15, -0.1) is 24.0 Å². The summed E-state index contributed by atoms with van der Waals surface area (Å²) in [6.07, 6.45) is 3.49. The largest absolute Gasteiger partial charge is 0.493 e. The molecule has 0 radical (unpaired) electrons. The number of hydrogen-bond donors (Lipinski definition) is 1. The molecule has 1 aromatic rings. The summed E-state index contributed by atoms with van der Waals surface area (Å²) in [5, 5.41) is 3.37. The summed E-state index contributed by atoms with van der Waals surface area (Å²) in [5.74, 6) is 2.34. The van der Waals surface area contributed by atoms with Gasteiger partial charge in [-0.1, -0.05) is 6.07 Å². The highest BCUT2D eigenvalue weighted by atomic mass is 127. The normalized spacial score (nSPS) is 14.8. The standard InChI is InChI=1S/C21H33N3O4.HI/c1-5-22-21(24-13-10-17(11-14-24)20(25)28-4)23-12-6-7-16-8-9-18(26-2)19(15-16)27-3;/h8-9,15,17H,5-7,10-14H2,1-4H3,(H,22,23);1H. The minimum atomic E-state index is -0.100. The number of nitrogens with zero attached hydrogens (tertiary/aromatic N) is 2. The fourth-order valence-electron chi connectivity index (χ4n) is 3.42. The average Bonchev–Trinajstić information content (AvgIpc) is 2.75. The van der Waals surface area contributed by atoms with E-state index in [1.54, 1.807) is 14.2 Å². The number of carbonyl (C=O) groups is 1. The molecule has 164 valence electrons. The van der Waals surface area contributed by atoms with E-state index in [2.05, 4.69) is 23.2 Å². The van der Waals surface area contributed by atoms with E-state index in [1.807, 2.05) is 12.1 Å². The molecule has 0 amide bonds. The number of ether oxygens (including phenoxy) is 3. The number of nitrogens with one attached hydrogen (secondary N) is 1. The van der Waals surface area contributed by atoms with Crippen LogP contribution in [0.2, 0.25) is 0 Å². The van der Waals surface area contributed by atoms with Gasteiger partial charge >= 0.3 is 5.97 Å². The Labute approximate surface area is 191 Å². The second-order valence-corrected chi connectivity index (χ2v) is 6.81. The third-order valence-corrected chi connectivity index (χ3v) is 5.00. The number of hydrogen-bond acceptors (Lipinski definition) is 5. The lowest BCUT2D eigenvalue weighted by Crippen LogP contribution is -2.46. The number of likely N-dealkylation sites (tertiary alicyclic amines) is 1. The summed E-state index contributed by atoms with van der Waals surface area (Å²) in [4.78, 5) is 18.7. The molecule has 0 bridgehead atoms. The number of carbonyl (C=O) groups excluding carboxylic acids is 1. The molecule has 1 aromatic carbocycles. The first-order valence-electron chi connectivity index (χ1n) is 9.94. The van der Waals surface area contributed by atoms with Crippen LogP contribution >= 0.6 is 24.0 Å². The zero-order valence-corrected chi connectivity index (χ0v) is 20.2. The van der Waals surface area contributed by atoms with Gasteiger partial charge in [-0.3, -0.25) is 9.79 Å². The summed E-state index contributed by atoms with van der Waals surface area (Å²) in [7, 11) is 4.75. The van der Waals surface area contributed by atoms with Gasteiger partial charge in [0.1, 0.15) is 0 Å². The third kappa shape index (κ3) is 7.56. The molecule has 0 aliphatic carbocycles. The van der Waals surface area contributed by atoms with Crippen LogP contribution in [0.4, 0.5) is 0 Å². The molecule has 2 rings (SSSR count). The first-order chi connectivity index (χ1) is 13.6. The monoisotopic (exact) mass is 519 g/mol. The molecular formula is C21H34IN3O4. The second kappa shape index (κ2) is 13.5. The maximum Gasteiger partial charge on any atom is 0.308 e. The van der Waals surface area contributed by atoms with E-state index in [4.69, 9.17) is 19.2 Å². The van der Waals surface area contributed by atoms with Crippen LogP contribution in [-0.4, -0.2) is 64.3 Å². The van der Waals surface area contributed by atoms with Gasteiger partial charge in [0.2, 0.25) is 0 Å². The van der Waals surface area contributed by atoms with E-state index in [0.29, 0.717) is 0 Å². The summed E-state index contributed by atoms with van der Waals surface area (Å²) < 4.78 is 15.5. The Morgan fingerprint density at radius 2 is 1.86 bits per heavy atom. The number of methoxy groups -OCH3 is 3. The van der Waals surface area contributed by atoms with Crippen molar-refractivity contribution in [3.63, 3.8) is 0 Å². The summed E-state index contributed by atoms with van der Waals surface area (Å²) in [5.41, 5.74) is 1.21. The number of guanidine groups is 1. The molecule has 1 heterocycles. The Kier molecular flexibility index (Phi) is 11.8. The Morgan fingerprint density at radius 3 is 2.45 bits per heavy atom. The van der Waals surface area contributed by atoms with E-state index in [0.717, 1.165) is 69.3 Å². The van der Waals surface area contributed by atoms with Crippen LogP contribution in [0, 0.1) is 5.92 Å². The van der Waals surface area contributed by atoms with E-state index in [1.165, 1.54) is 12.7 Å². The van der Waals surface area contributed by atoms with Gasteiger partial charge in [-0.2, -0.15) is 0 Å². The highest BCUT2D eigenvalue weighted by Crippen LogP contribution is 2.28. The zero-order chi connectivity index (χ0) is 20.4. The zero-order valence-electron chi connectivity index (χ0n) is 17.9. The number of aryl methyl sites for hydroxylation is 1. The van der Waals surface area contributed by atoms with Crippen molar-refractivity contribution in [2.75, 3.05) is 47.5 Å². The van der Waals surface area contributed by atoms with Crippen molar-refractivity contribution in [3.05, 3.63) is 23.8 Å². The van der Waals surface area contributed by atoms with Crippen LogP contribution in [0.25, 0.3) is 0 Å². The van der Waals surface area contributed by atoms with Crippen molar-refractivity contribution < 1.29 is 19.0 Å². The van der Waals surface area contributed by atoms with Crippen molar-refractivity contribution in [1.82, 2.24) is 10.2 Å². The molecule has 1 N–H and O–H groups in total. The van der Waals surface area contributed by atoms with Crippen molar-refractivity contribution in [2.24, 2.45) is 10.9 Å². The molecular weight excluding hydrogens is 485 g/mol. The van der Waals surface area contributed by atoms with Gasteiger partial charge in [-0.05, 0) is 50.3 Å². The molecule has 1 saturated heterocycles. The highest BCUT2D eigenvalue weighted by Gasteiger charge is 2.26. The quantitative estimate of drug-likeness (QED) is 0.187. The van der Waals surface area contributed by atoms with E-state index >= 15 is 0 Å². The lowest BCUT2D eigenvalue weighted by Gasteiger charge is -2.33. The Morgan fingerprint density at radius 1 is 1.17 bits per heavy atom. The second-order valence-electron chi connectivity index (χ2n) is 6.81. The maximum atomic E-state index is 11.7. The van der Waals surface area contributed by atoms with Gasteiger partial charge < -0.3 is 24.4 Å². The van der Waals surface area contributed by atoms with Gasteiger partial charge in [0.25, 0.3) is 0 Å². The van der Waals surface area contributed by atoms with Crippen LogP contribution in [0.3, 0.4) is 0 Å². The van der Waals surface area contributed by atoms with E-state index < -0.39 is 0 Å². The molecule has 0 spiro atoms. The van der Waals surface area contributed by atoms with Crippen LogP contribution in [0.5, 0.6) is 11.5 Å². The van der Waals surface area contributed by atoms with Crippen molar-refractivity contribution >= 4 is 35.9 Å². The molecule has 1 fully saturated rings. The summed E-state index contributed by atoms with van der Waals surface area (Å²) >= 11 is 0. The van der Waals surface area contributed by atoms with Crippen molar-refractivity contribution in [3.8, 4) is 11.5 Å². The molecule has 7 nitrogen and oxygen atoms in total. The number of benzene rings is 1. The number of esters is 1. The number of aliphatic imine (C=N–C) groups is 1. The molecule has 0 aromatic heterocycles. The number of halogens is 1. The Hall–Kier alpha value is -1.71. The lowest BCUT2D eigenvalue weighted by atomic mass is 9.97. The third-order valence-electron chi connectivity index (χ3n) is 5.00. The summed E-state index contributed by atoms with van der Waals surface area (Å²) in [6, 6.07) is 6.02. The fraction of sp³-hybridized carbons (Fsp3) is 0.619. The highest BCUT2D eigenvalue weighted by molar-refractivity contribution is 14.0. The number of rotatable bonds is 8. The van der Waals surface area contributed by atoms with E-state index in [-0.39, 0.29) is 35.9 Å². The lowest BCUT2D eigenvalue weighted by molar-refractivity contribution is -0.146. The SMILES string of the molecule is CCNC(=NCCCc1ccc(OC)c(OC)c1)N1CCC(C(=O)OC)CC1.I. The maximum absolute atomic E-state index is 11.7. The molecule has 8 heteroatoms. The van der Waals surface area contributed by atoms with Crippen LogP contribution in [-0.2, 0) is 16.0 Å². The topological polar surface area (TPSA) is 72.4 Å². The Bertz CT molecular complexity index is 661. The number of piperidine rings is 1. The van der Waals surface area contributed by atoms with Crippen LogP contribution < -0.4 is 14.8 Å². The minimum absolute atomic E-state index is 0. The fourth-order valence-corrected chi connectivity index (χ4v) is 3.42. The molecule has 29 heavy (non-hydrogen) atoms. The van der Waals surface area contributed by atoms with Gasteiger partial charge in [0.05, 0.1) is 27.2 Å². The first-order valence-corrected chi connectivity index (χ1v) is 9.94. The molecule has 0 atom stereocenters. The summed E-state index contributed by atoms with van der Waals surface area (Å²) in [6.45, 7) is 5.28. The van der Waals surface area contributed by atoms with Crippen molar-refractivity contribution in [2.45, 2.75) is 32.6 Å². The van der Waals surface area contributed by atoms with Crippen LogP contribution in [0.15, 0.2) is 23.2 Å². The predicted molar refractivity (Wildman–Crippen MR) is 126 cm³/mol. The molecule has 1 aliphatic heterocycles. The molecule has 0 saturated carbocycles. The molecule has 0 unspecified atom stereocenters. The minimum Gasteiger partial charge on any atom is -0.493 e. The first kappa shape index (κ1) is 25.3. The molecule has 1 aliphatic rings. The van der Waals surface area contributed by atoms with Gasteiger partial charge in [0.15, 0.2) is 17.5 Å². The van der Waals surface area contributed by atoms with Crippen LogP contribution in [0.1, 0.15) is 31.7 Å². The predicted octanol–water partition coefficient (Wildman–Crippen LogP) is 3.10. The van der Waals surface area contributed by atoms with Gasteiger partial charge in [-0.25, -0.2) is 0 Å². The van der Waals surface area contributed by atoms with E-state index in [9.17, 15) is 4.79 Å². The van der Waals surface area contributed by atoms with Crippen molar-refractivity contribution in [1.29, 1.82) is 0 Å². The van der Waals surface area contributed by atoms with Gasteiger partial charge in [0, 0.05) is 26.2 Å². The smallest absolute Gasteiger partial charge is 0.308 e. The Balaban J connectivity index is 0.00000420. The average molecular weight is 519 g/mol.